The van der Waals surface area contributed by atoms with Crippen LogP contribution < -0.4 is 9.47 Å². The molecule has 2 atom stereocenters. The minimum atomic E-state index is -0.208. The van der Waals surface area contributed by atoms with Gasteiger partial charge in [-0.25, -0.2) is 0 Å². The van der Waals surface area contributed by atoms with Gasteiger partial charge in [-0.1, -0.05) is 18.9 Å². The molecule has 0 spiro atoms. The van der Waals surface area contributed by atoms with Gasteiger partial charge in [0.25, 0.3) is 0 Å². The first-order chi connectivity index (χ1) is 14.1. The fourth-order valence-corrected chi connectivity index (χ4v) is 5.28. The summed E-state index contributed by atoms with van der Waals surface area (Å²) in [6.07, 6.45) is 6.37. The van der Waals surface area contributed by atoms with Gasteiger partial charge < -0.3 is 19.3 Å². The van der Waals surface area contributed by atoms with Gasteiger partial charge in [-0.15, -0.1) is 0 Å². The van der Waals surface area contributed by atoms with E-state index < -0.39 is 0 Å². The largest absolute Gasteiger partial charge is 0.497 e. The van der Waals surface area contributed by atoms with Crippen LogP contribution in [0.3, 0.4) is 0 Å². The highest BCUT2D eigenvalue weighted by Gasteiger charge is 2.44. The highest BCUT2D eigenvalue weighted by molar-refractivity contribution is 5.84. The molecule has 1 saturated carbocycles. The van der Waals surface area contributed by atoms with Crippen LogP contribution in [-0.2, 0) is 9.59 Å². The number of methoxy groups -OCH3 is 2. The Bertz CT molecular complexity index is 753. The summed E-state index contributed by atoms with van der Waals surface area (Å²) in [5.74, 6) is 1.75. The lowest BCUT2D eigenvalue weighted by molar-refractivity contribution is -0.136. The summed E-state index contributed by atoms with van der Waals surface area (Å²) in [6.45, 7) is 2.77. The summed E-state index contributed by atoms with van der Waals surface area (Å²) < 4.78 is 11.0. The van der Waals surface area contributed by atoms with Crippen molar-refractivity contribution in [2.75, 3.05) is 40.4 Å². The number of hydrogen-bond donors (Lipinski definition) is 0. The van der Waals surface area contributed by atoms with E-state index in [9.17, 15) is 9.59 Å². The molecule has 158 valence electrons. The maximum atomic E-state index is 13.4. The molecule has 4 rings (SSSR count). The molecule has 29 heavy (non-hydrogen) atoms. The molecule has 0 radical (unpaired) electrons. The molecule has 0 N–H and O–H groups in total. The van der Waals surface area contributed by atoms with Gasteiger partial charge in [0.05, 0.1) is 20.1 Å². The van der Waals surface area contributed by atoms with Crippen LogP contribution >= 0.6 is 0 Å². The summed E-state index contributed by atoms with van der Waals surface area (Å²) in [6, 6.07) is 5.78. The van der Waals surface area contributed by atoms with Crippen molar-refractivity contribution in [2.45, 2.75) is 44.4 Å². The minimum Gasteiger partial charge on any atom is -0.497 e. The van der Waals surface area contributed by atoms with Crippen molar-refractivity contribution in [3.8, 4) is 11.5 Å². The van der Waals surface area contributed by atoms with E-state index in [0.29, 0.717) is 13.1 Å². The second kappa shape index (κ2) is 8.64. The Morgan fingerprint density at radius 3 is 2.28 bits per heavy atom. The van der Waals surface area contributed by atoms with Gasteiger partial charge in [0.15, 0.2) is 0 Å². The molecule has 1 aromatic carbocycles. The average molecular weight is 401 g/mol. The first-order valence-electron chi connectivity index (χ1n) is 10.9. The van der Waals surface area contributed by atoms with E-state index in [4.69, 9.17) is 9.47 Å². The normalized spacial score (nSPS) is 24.9. The van der Waals surface area contributed by atoms with Crippen LogP contribution in [0.25, 0.3) is 0 Å². The highest BCUT2D eigenvalue weighted by Crippen LogP contribution is 2.41. The quantitative estimate of drug-likeness (QED) is 0.762. The summed E-state index contributed by atoms with van der Waals surface area (Å²) in [4.78, 5) is 30.4. The first kappa shape index (κ1) is 20.0. The van der Waals surface area contributed by atoms with Crippen LogP contribution in [0.1, 0.15) is 50.0 Å². The summed E-state index contributed by atoms with van der Waals surface area (Å²) >= 11 is 0. The zero-order valence-electron chi connectivity index (χ0n) is 17.6. The lowest BCUT2D eigenvalue weighted by atomic mass is 9.87. The van der Waals surface area contributed by atoms with Crippen molar-refractivity contribution in [2.24, 2.45) is 11.8 Å². The van der Waals surface area contributed by atoms with Crippen LogP contribution in [0.2, 0.25) is 0 Å². The number of carbonyl (C=O) groups excluding carboxylic acids is 2. The highest BCUT2D eigenvalue weighted by atomic mass is 16.5. The topological polar surface area (TPSA) is 59.1 Å². The zero-order valence-corrected chi connectivity index (χ0v) is 17.6. The van der Waals surface area contributed by atoms with Crippen molar-refractivity contribution >= 4 is 11.8 Å². The number of nitrogens with zero attached hydrogens (tertiary/aromatic N) is 2. The Balaban J connectivity index is 1.62. The standard InChI is InChI=1S/C23H32N2O4/c1-28-17-9-10-18(21(13-17)29-2)19-14-25(22(26)16-7-3-4-8-16)15-20(19)23(27)24-11-5-6-12-24/h9-10,13,16,19-20H,3-8,11-12,14-15H2,1-2H3. The lowest BCUT2D eigenvalue weighted by Crippen LogP contribution is -2.38. The van der Waals surface area contributed by atoms with Gasteiger partial charge in [0, 0.05) is 49.6 Å². The molecule has 1 aliphatic carbocycles. The van der Waals surface area contributed by atoms with E-state index >= 15 is 0 Å². The second-order valence-electron chi connectivity index (χ2n) is 8.58. The van der Waals surface area contributed by atoms with Crippen molar-refractivity contribution in [1.29, 1.82) is 0 Å². The number of likely N-dealkylation sites (tertiary alicyclic amines) is 2. The summed E-state index contributed by atoms with van der Waals surface area (Å²) in [5, 5.41) is 0. The fourth-order valence-electron chi connectivity index (χ4n) is 5.28. The van der Waals surface area contributed by atoms with Crippen LogP contribution in [0.15, 0.2) is 18.2 Å². The Morgan fingerprint density at radius 1 is 0.897 bits per heavy atom. The zero-order chi connectivity index (χ0) is 20.4. The van der Waals surface area contributed by atoms with E-state index in [-0.39, 0.29) is 29.6 Å². The molecule has 3 fully saturated rings. The van der Waals surface area contributed by atoms with Crippen LogP contribution in [0, 0.1) is 11.8 Å². The van der Waals surface area contributed by atoms with E-state index in [1.54, 1.807) is 14.2 Å². The number of amides is 2. The maximum Gasteiger partial charge on any atom is 0.228 e. The Hall–Kier alpha value is -2.24. The Kier molecular flexibility index (Phi) is 5.97. The number of benzene rings is 1. The molecule has 2 aliphatic heterocycles. The molecular weight excluding hydrogens is 368 g/mol. The molecule has 6 heteroatoms. The molecule has 2 amide bonds. The molecule has 1 aromatic rings. The monoisotopic (exact) mass is 400 g/mol. The van der Waals surface area contributed by atoms with Crippen LogP contribution in [-0.4, -0.2) is 62.0 Å². The SMILES string of the molecule is COc1ccc(C2CN(C(=O)C3CCCC3)CC2C(=O)N2CCCC2)c(OC)c1. The first-order valence-corrected chi connectivity index (χ1v) is 10.9. The van der Waals surface area contributed by atoms with Crippen molar-refractivity contribution in [1.82, 2.24) is 9.80 Å². The van der Waals surface area contributed by atoms with E-state index in [2.05, 4.69) is 0 Å². The van der Waals surface area contributed by atoms with Crippen molar-refractivity contribution in [3.63, 3.8) is 0 Å². The van der Waals surface area contributed by atoms with Gasteiger partial charge in [-0.2, -0.15) is 0 Å². The molecular formula is C23H32N2O4. The third-order valence-electron chi connectivity index (χ3n) is 6.91. The van der Waals surface area contributed by atoms with E-state index in [1.807, 2.05) is 28.0 Å². The third kappa shape index (κ3) is 3.94. The van der Waals surface area contributed by atoms with Crippen molar-refractivity contribution < 1.29 is 19.1 Å². The van der Waals surface area contributed by atoms with E-state index in [0.717, 1.165) is 68.7 Å². The fraction of sp³-hybridized carbons (Fsp3) is 0.652. The van der Waals surface area contributed by atoms with Crippen molar-refractivity contribution in [3.05, 3.63) is 23.8 Å². The number of rotatable bonds is 5. The molecule has 6 nitrogen and oxygen atoms in total. The molecule has 2 saturated heterocycles. The van der Waals surface area contributed by atoms with Crippen LogP contribution in [0.5, 0.6) is 11.5 Å². The predicted molar refractivity (Wildman–Crippen MR) is 110 cm³/mol. The molecule has 2 unspecified atom stereocenters. The van der Waals surface area contributed by atoms with Gasteiger partial charge in [0.2, 0.25) is 11.8 Å². The smallest absolute Gasteiger partial charge is 0.228 e. The number of hydrogen-bond acceptors (Lipinski definition) is 4. The predicted octanol–water partition coefficient (Wildman–Crippen LogP) is 3.06. The molecule has 0 bridgehead atoms. The minimum absolute atomic E-state index is 0.0469. The van der Waals surface area contributed by atoms with Gasteiger partial charge in [-0.3, -0.25) is 9.59 Å². The molecule has 3 aliphatic rings. The summed E-state index contributed by atoms with van der Waals surface area (Å²) in [5.41, 5.74) is 0.993. The summed E-state index contributed by atoms with van der Waals surface area (Å²) in [7, 11) is 3.28. The second-order valence-corrected chi connectivity index (χ2v) is 8.58. The number of carbonyl (C=O) groups is 2. The molecule has 0 aromatic heterocycles. The maximum absolute atomic E-state index is 13.4. The van der Waals surface area contributed by atoms with Gasteiger partial charge in [-0.05, 0) is 31.7 Å². The lowest BCUT2D eigenvalue weighted by Gasteiger charge is -2.25. The van der Waals surface area contributed by atoms with Crippen LogP contribution in [0.4, 0.5) is 0 Å². The van der Waals surface area contributed by atoms with E-state index in [1.165, 1.54) is 0 Å². The molecule has 2 heterocycles. The number of ether oxygens (including phenoxy) is 2. The Morgan fingerprint density at radius 2 is 1.62 bits per heavy atom. The average Bonchev–Trinajstić information content (AvgIpc) is 3.53. The van der Waals surface area contributed by atoms with Gasteiger partial charge in [0.1, 0.15) is 11.5 Å². The Labute approximate surface area is 173 Å². The van der Waals surface area contributed by atoms with Gasteiger partial charge >= 0.3 is 0 Å². The third-order valence-corrected chi connectivity index (χ3v) is 6.91.